The Labute approximate surface area is 134 Å². The van der Waals surface area contributed by atoms with E-state index >= 15 is 0 Å². The quantitative estimate of drug-likeness (QED) is 0.885. The molecule has 0 aliphatic heterocycles. The van der Waals surface area contributed by atoms with Crippen molar-refractivity contribution in [1.82, 2.24) is 0 Å². The second-order valence-corrected chi connectivity index (χ2v) is 4.99. The molecule has 0 bridgehead atoms. The van der Waals surface area contributed by atoms with E-state index in [0.29, 0.717) is 24.3 Å². The number of nitriles is 1. The molecule has 2 rings (SSSR count). The summed E-state index contributed by atoms with van der Waals surface area (Å²) in [4.78, 5) is 12.3. The fourth-order valence-electron chi connectivity index (χ4n) is 2.02. The van der Waals surface area contributed by atoms with Crippen LogP contribution in [0.2, 0.25) is 0 Å². The van der Waals surface area contributed by atoms with E-state index in [4.69, 9.17) is 10.00 Å². The Kier molecular flexibility index (Phi) is 5.70. The van der Waals surface area contributed by atoms with Gasteiger partial charge in [0.1, 0.15) is 11.6 Å². The van der Waals surface area contributed by atoms with E-state index in [1.165, 1.54) is 24.3 Å². The molecule has 0 aliphatic carbocycles. The first kappa shape index (κ1) is 16.5. The maximum absolute atomic E-state index is 12.9. The minimum Gasteiger partial charge on any atom is -0.481 e. The van der Waals surface area contributed by atoms with Crippen molar-refractivity contribution < 1.29 is 13.9 Å². The number of nitrogens with one attached hydrogen (secondary N) is 1. The van der Waals surface area contributed by atoms with Crippen LogP contribution in [-0.2, 0) is 11.2 Å². The highest BCUT2D eigenvalue weighted by Gasteiger charge is 2.18. The fraction of sp³-hybridized carbons (Fsp3) is 0.222. The van der Waals surface area contributed by atoms with Crippen LogP contribution in [0.15, 0.2) is 48.5 Å². The van der Waals surface area contributed by atoms with Gasteiger partial charge < -0.3 is 10.1 Å². The Balaban J connectivity index is 1.99. The van der Waals surface area contributed by atoms with Crippen LogP contribution in [0.25, 0.3) is 0 Å². The number of ether oxygens (including phenoxy) is 1. The smallest absolute Gasteiger partial charge is 0.265 e. The van der Waals surface area contributed by atoms with Gasteiger partial charge in [0.15, 0.2) is 6.10 Å². The summed E-state index contributed by atoms with van der Waals surface area (Å²) in [5.74, 6) is -0.185. The molecule has 0 fully saturated rings. The Morgan fingerprint density at radius 1 is 1.22 bits per heavy atom. The van der Waals surface area contributed by atoms with E-state index in [-0.39, 0.29) is 11.7 Å². The lowest BCUT2D eigenvalue weighted by molar-refractivity contribution is -0.122. The molecular formula is C18H17FN2O2. The lowest BCUT2D eigenvalue weighted by Crippen LogP contribution is -2.32. The van der Waals surface area contributed by atoms with E-state index < -0.39 is 6.10 Å². The lowest BCUT2D eigenvalue weighted by Gasteiger charge is -2.17. The molecule has 2 aromatic carbocycles. The highest BCUT2D eigenvalue weighted by molar-refractivity contribution is 5.94. The Bertz CT molecular complexity index is 690. The van der Waals surface area contributed by atoms with Crippen LogP contribution < -0.4 is 10.1 Å². The second-order valence-electron chi connectivity index (χ2n) is 4.99. The maximum atomic E-state index is 12.9. The highest BCUT2D eigenvalue weighted by Crippen LogP contribution is 2.16. The van der Waals surface area contributed by atoms with E-state index in [9.17, 15) is 9.18 Å². The van der Waals surface area contributed by atoms with Crippen molar-refractivity contribution in [2.75, 3.05) is 5.32 Å². The van der Waals surface area contributed by atoms with E-state index in [2.05, 4.69) is 11.4 Å². The van der Waals surface area contributed by atoms with Gasteiger partial charge in [-0.2, -0.15) is 5.26 Å². The number of anilines is 1. The first-order valence-electron chi connectivity index (χ1n) is 7.31. The molecule has 118 valence electrons. The molecule has 0 aliphatic rings. The zero-order chi connectivity index (χ0) is 16.7. The van der Waals surface area contributed by atoms with Crippen LogP contribution in [0.3, 0.4) is 0 Å². The molecule has 0 saturated carbocycles. The predicted molar refractivity (Wildman–Crippen MR) is 85.5 cm³/mol. The molecular weight excluding hydrogens is 295 g/mol. The van der Waals surface area contributed by atoms with Crippen LogP contribution in [0.1, 0.15) is 18.9 Å². The van der Waals surface area contributed by atoms with Gasteiger partial charge in [-0.3, -0.25) is 4.79 Å². The summed E-state index contributed by atoms with van der Waals surface area (Å²) in [5, 5.41) is 11.4. The monoisotopic (exact) mass is 312 g/mol. The third-order valence-electron chi connectivity index (χ3n) is 3.26. The molecule has 0 radical (unpaired) electrons. The van der Waals surface area contributed by atoms with Crippen LogP contribution >= 0.6 is 0 Å². The van der Waals surface area contributed by atoms with Crippen LogP contribution in [0, 0.1) is 17.1 Å². The number of benzene rings is 2. The third kappa shape index (κ3) is 4.82. The molecule has 1 N–H and O–H groups in total. The summed E-state index contributed by atoms with van der Waals surface area (Å²) >= 11 is 0. The fourth-order valence-corrected chi connectivity index (χ4v) is 2.02. The zero-order valence-electron chi connectivity index (χ0n) is 12.8. The van der Waals surface area contributed by atoms with Gasteiger partial charge in [-0.05, 0) is 48.4 Å². The molecule has 0 unspecified atom stereocenters. The van der Waals surface area contributed by atoms with Gasteiger partial charge in [0.25, 0.3) is 5.91 Å². The second kappa shape index (κ2) is 7.95. The molecule has 1 atom stereocenters. The van der Waals surface area contributed by atoms with Gasteiger partial charge in [-0.1, -0.05) is 19.1 Å². The van der Waals surface area contributed by atoms with Crippen LogP contribution in [0.4, 0.5) is 10.1 Å². The Morgan fingerprint density at radius 2 is 1.87 bits per heavy atom. The number of hydrogen-bond donors (Lipinski definition) is 1. The molecule has 2 aromatic rings. The van der Waals surface area contributed by atoms with Gasteiger partial charge >= 0.3 is 0 Å². The summed E-state index contributed by atoms with van der Waals surface area (Å²) in [6, 6.07) is 14.7. The van der Waals surface area contributed by atoms with Crippen LogP contribution in [0.5, 0.6) is 5.75 Å². The molecule has 1 amide bonds. The van der Waals surface area contributed by atoms with Gasteiger partial charge in [-0.15, -0.1) is 0 Å². The molecule has 0 heterocycles. The number of hydrogen-bond acceptors (Lipinski definition) is 3. The first-order chi connectivity index (χ1) is 11.1. The predicted octanol–water partition coefficient (Wildman–Crippen LogP) is 3.69. The summed E-state index contributed by atoms with van der Waals surface area (Å²) < 4.78 is 18.5. The molecule has 0 saturated heterocycles. The van der Waals surface area contributed by atoms with Crippen molar-refractivity contribution >= 4 is 11.6 Å². The minimum atomic E-state index is -0.667. The minimum absolute atomic E-state index is 0.273. The van der Waals surface area contributed by atoms with Gasteiger partial charge in [0, 0.05) is 5.69 Å². The standard InChI is InChI=1S/C18H17FN2O2/c1-2-17(23-16-9-5-14(19)6-10-16)18(22)21-15-7-3-13(4-8-15)11-12-20/h3-10,17H,2,11H2,1H3,(H,21,22)/t17-/m1/s1. The number of halogens is 1. The lowest BCUT2D eigenvalue weighted by atomic mass is 10.1. The molecule has 5 heteroatoms. The van der Waals surface area contributed by atoms with Crippen molar-refractivity contribution in [1.29, 1.82) is 5.26 Å². The average molecular weight is 312 g/mol. The van der Waals surface area contributed by atoms with Crippen molar-refractivity contribution in [3.8, 4) is 11.8 Å². The van der Waals surface area contributed by atoms with Gasteiger partial charge in [0.2, 0.25) is 0 Å². The highest BCUT2D eigenvalue weighted by atomic mass is 19.1. The Morgan fingerprint density at radius 3 is 2.43 bits per heavy atom. The number of carbonyl (C=O) groups excluding carboxylic acids is 1. The summed E-state index contributed by atoms with van der Waals surface area (Å²) in [7, 11) is 0. The summed E-state index contributed by atoms with van der Waals surface area (Å²) in [6.45, 7) is 1.84. The average Bonchev–Trinajstić information content (AvgIpc) is 2.56. The zero-order valence-corrected chi connectivity index (χ0v) is 12.8. The number of amides is 1. The van der Waals surface area contributed by atoms with E-state index in [1.54, 1.807) is 24.3 Å². The van der Waals surface area contributed by atoms with Crippen LogP contribution in [-0.4, -0.2) is 12.0 Å². The summed E-state index contributed by atoms with van der Waals surface area (Å²) in [5.41, 5.74) is 1.53. The Hall–Kier alpha value is -2.87. The normalized spacial score (nSPS) is 11.3. The maximum Gasteiger partial charge on any atom is 0.265 e. The summed E-state index contributed by atoms with van der Waals surface area (Å²) in [6.07, 6.45) is 0.147. The number of nitrogens with zero attached hydrogens (tertiary/aromatic N) is 1. The number of rotatable bonds is 6. The van der Waals surface area contributed by atoms with Crippen molar-refractivity contribution in [3.05, 3.63) is 59.9 Å². The molecule has 4 nitrogen and oxygen atoms in total. The van der Waals surface area contributed by atoms with E-state index in [0.717, 1.165) is 5.56 Å². The first-order valence-corrected chi connectivity index (χ1v) is 7.31. The van der Waals surface area contributed by atoms with Crippen molar-refractivity contribution in [2.24, 2.45) is 0 Å². The SMILES string of the molecule is CC[C@@H](Oc1ccc(F)cc1)C(=O)Nc1ccc(CC#N)cc1. The van der Waals surface area contributed by atoms with Gasteiger partial charge in [0.05, 0.1) is 12.5 Å². The van der Waals surface area contributed by atoms with Crippen molar-refractivity contribution in [3.63, 3.8) is 0 Å². The molecule has 0 aromatic heterocycles. The van der Waals surface area contributed by atoms with E-state index in [1.807, 2.05) is 6.92 Å². The largest absolute Gasteiger partial charge is 0.481 e. The molecule has 23 heavy (non-hydrogen) atoms. The molecule has 0 spiro atoms. The number of carbonyl (C=O) groups is 1. The topological polar surface area (TPSA) is 62.1 Å². The third-order valence-corrected chi connectivity index (χ3v) is 3.26. The van der Waals surface area contributed by atoms with Gasteiger partial charge in [-0.25, -0.2) is 4.39 Å². The van der Waals surface area contributed by atoms with Crippen molar-refractivity contribution in [2.45, 2.75) is 25.9 Å².